The Hall–Kier alpha value is -3.88. The molecule has 4 atom stereocenters. The van der Waals surface area contributed by atoms with E-state index in [0.29, 0.717) is 17.5 Å². The monoisotopic (exact) mass is 504 g/mol. The number of fused-ring (bicyclic) bond motifs is 4. The molecule has 0 unspecified atom stereocenters. The van der Waals surface area contributed by atoms with E-state index in [2.05, 4.69) is 0 Å². The Morgan fingerprint density at radius 1 is 1.03 bits per heavy atom. The highest BCUT2D eigenvalue weighted by Crippen LogP contribution is 2.44. The number of ether oxygens (including phenoxy) is 2. The number of hydrogen-bond acceptors (Lipinski definition) is 12. The van der Waals surface area contributed by atoms with Crippen LogP contribution in [0.5, 0.6) is 23.0 Å². The second kappa shape index (κ2) is 8.08. The minimum absolute atomic E-state index is 0.0262. The predicted molar refractivity (Wildman–Crippen MR) is 116 cm³/mol. The van der Waals surface area contributed by atoms with Gasteiger partial charge in [-0.2, -0.15) is 0 Å². The fourth-order valence-electron chi connectivity index (χ4n) is 4.44. The average Bonchev–Trinajstić information content (AvgIpc) is 2.82. The van der Waals surface area contributed by atoms with Crippen molar-refractivity contribution in [3.63, 3.8) is 0 Å². The largest absolute Gasteiger partial charge is 0.508 e. The Kier molecular flexibility index (Phi) is 5.35. The van der Waals surface area contributed by atoms with Crippen LogP contribution in [-0.2, 0) is 22.4 Å². The number of aliphatic carboxylic acids is 1. The van der Waals surface area contributed by atoms with Gasteiger partial charge in [-0.25, -0.2) is 4.79 Å². The van der Waals surface area contributed by atoms with Crippen LogP contribution in [-0.4, -0.2) is 77.2 Å². The van der Waals surface area contributed by atoms with E-state index in [-0.39, 0.29) is 34.5 Å². The zero-order valence-corrected chi connectivity index (χ0v) is 18.2. The van der Waals surface area contributed by atoms with E-state index in [1.54, 1.807) is 6.07 Å². The minimum Gasteiger partial charge on any atom is -0.508 e. The highest BCUT2D eigenvalue weighted by atomic mass is 16.7. The first-order valence-electron chi connectivity index (χ1n) is 10.6. The molecular weight excluding hydrogens is 484 g/mol. The SMILES string of the molecule is O=C(O)[C@H]1O[C@@H](Oc2cc3oc4c(c(=O)c3c(O)c2O)CCc2cc(O)ccc2-4)[C@H](O)C(O)(O)[C@@H]1O. The number of aromatic hydroxyl groups is 3. The van der Waals surface area contributed by atoms with E-state index in [0.717, 1.165) is 6.07 Å². The van der Waals surface area contributed by atoms with E-state index in [9.17, 15) is 50.4 Å². The Labute approximate surface area is 200 Å². The standard InChI is InChI=1S/C23H20O13/c24-8-2-4-9-7(5-8)1-3-10-14(25)13-11(34-17(9)10)6-12(15(26)16(13)27)35-22-20(29)23(32,33)19(28)18(36-22)21(30)31/h2,4-6,18-20,22,24,26-29,32-33H,1,3H2,(H,30,31)/t18-,19+,20-,22+/m0/s1. The highest BCUT2D eigenvalue weighted by Gasteiger charge is 2.58. The predicted octanol–water partition coefficient (Wildman–Crippen LogP) is -0.734. The molecule has 0 saturated carbocycles. The van der Waals surface area contributed by atoms with Crippen LogP contribution in [0.2, 0.25) is 0 Å². The molecule has 13 heteroatoms. The molecule has 36 heavy (non-hydrogen) atoms. The second-order valence-electron chi connectivity index (χ2n) is 8.58. The fraction of sp³-hybridized carbons (Fsp3) is 0.304. The minimum atomic E-state index is -3.37. The van der Waals surface area contributed by atoms with Gasteiger partial charge in [0, 0.05) is 17.2 Å². The summed E-state index contributed by atoms with van der Waals surface area (Å²) in [6.45, 7) is 0. The van der Waals surface area contributed by atoms with Gasteiger partial charge in [0.15, 0.2) is 29.1 Å². The van der Waals surface area contributed by atoms with Crippen LogP contribution in [0, 0.1) is 0 Å². The number of phenols is 3. The summed E-state index contributed by atoms with van der Waals surface area (Å²) in [5, 5.41) is 79.6. The quantitative estimate of drug-likeness (QED) is 0.163. The van der Waals surface area contributed by atoms with Crippen molar-refractivity contribution in [1.82, 2.24) is 0 Å². The van der Waals surface area contributed by atoms with Gasteiger partial charge in [0.05, 0.1) is 0 Å². The Morgan fingerprint density at radius 3 is 2.44 bits per heavy atom. The molecule has 8 N–H and O–H groups in total. The summed E-state index contributed by atoms with van der Waals surface area (Å²) in [4.78, 5) is 24.5. The molecule has 1 aliphatic heterocycles. The van der Waals surface area contributed by atoms with Gasteiger partial charge in [0.25, 0.3) is 0 Å². The first-order valence-corrected chi connectivity index (χ1v) is 10.6. The molecule has 2 aliphatic rings. The van der Waals surface area contributed by atoms with Crippen molar-refractivity contribution in [3.8, 4) is 34.3 Å². The van der Waals surface area contributed by atoms with E-state index >= 15 is 0 Å². The van der Waals surface area contributed by atoms with Gasteiger partial charge in [-0.15, -0.1) is 0 Å². The summed E-state index contributed by atoms with van der Waals surface area (Å²) in [7, 11) is 0. The molecule has 1 fully saturated rings. The number of carbonyl (C=O) groups is 1. The van der Waals surface area contributed by atoms with Crippen molar-refractivity contribution in [2.24, 2.45) is 0 Å². The Bertz CT molecular complexity index is 1460. The lowest BCUT2D eigenvalue weighted by Gasteiger charge is -2.43. The van der Waals surface area contributed by atoms with Gasteiger partial charge >= 0.3 is 5.97 Å². The lowest BCUT2D eigenvalue weighted by molar-refractivity contribution is -0.369. The van der Waals surface area contributed by atoms with Gasteiger partial charge < -0.3 is 54.7 Å². The maximum atomic E-state index is 13.2. The van der Waals surface area contributed by atoms with Crippen LogP contribution >= 0.6 is 0 Å². The number of aliphatic hydroxyl groups excluding tert-OH is 2. The normalized spacial score (nSPS) is 24.7. The van der Waals surface area contributed by atoms with E-state index in [1.165, 1.54) is 12.1 Å². The fourth-order valence-corrected chi connectivity index (χ4v) is 4.44. The lowest BCUT2D eigenvalue weighted by atomic mass is 9.89. The van der Waals surface area contributed by atoms with Gasteiger partial charge in [0.1, 0.15) is 28.6 Å². The number of rotatable bonds is 3. The second-order valence-corrected chi connectivity index (χ2v) is 8.58. The van der Waals surface area contributed by atoms with Crippen LogP contribution in [0.3, 0.4) is 0 Å². The molecule has 1 aliphatic carbocycles. The van der Waals surface area contributed by atoms with Crippen LogP contribution in [0.25, 0.3) is 22.3 Å². The molecule has 2 heterocycles. The maximum Gasteiger partial charge on any atom is 0.335 e. The molecule has 0 amide bonds. The van der Waals surface area contributed by atoms with Gasteiger partial charge in [0.2, 0.25) is 17.8 Å². The molecule has 0 spiro atoms. The number of carboxylic acids is 1. The molecule has 0 radical (unpaired) electrons. The first-order chi connectivity index (χ1) is 16.9. The smallest absolute Gasteiger partial charge is 0.335 e. The van der Waals surface area contributed by atoms with E-state index in [1.807, 2.05) is 0 Å². The van der Waals surface area contributed by atoms with E-state index in [4.69, 9.17) is 13.9 Å². The number of aliphatic hydroxyl groups is 4. The summed E-state index contributed by atoms with van der Waals surface area (Å²) in [5.74, 6) is -7.58. The zero-order valence-electron chi connectivity index (χ0n) is 18.2. The molecule has 13 nitrogen and oxygen atoms in total. The average molecular weight is 504 g/mol. The van der Waals surface area contributed by atoms with Crippen molar-refractivity contribution in [3.05, 3.63) is 45.6 Å². The number of aryl methyl sites for hydroxylation is 1. The molecule has 1 saturated heterocycles. The molecule has 0 bridgehead atoms. The summed E-state index contributed by atoms with van der Waals surface area (Å²) < 4.78 is 16.1. The molecule has 5 rings (SSSR count). The van der Waals surface area contributed by atoms with E-state index < -0.39 is 59.0 Å². The van der Waals surface area contributed by atoms with Crippen molar-refractivity contribution >= 4 is 16.9 Å². The van der Waals surface area contributed by atoms with Crippen LogP contribution in [0.4, 0.5) is 0 Å². The molecule has 3 aromatic rings. The van der Waals surface area contributed by atoms with Crippen LogP contribution in [0.1, 0.15) is 11.1 Å². The number of benzene rings is 2. The summed E-state index contributed by atoms with van der Waals surface area (Å²) in [6, 6.07) is 5.46. The molecule has 1 aromatic heterocycles. The summed E-state index contributed by atoms with van der Waals surface area (Å²) >= 11 is 0. The number of hydrogen-bond donors (Lipinski definition) is 8. The van der Waals surface area contributed by atoms with Crippen molar-refractivity contribution in [1.29, 1.82) is 0 Å². The summed E-state index contributed by atoms with van der Waals surface area (Å²) in [5.41, 5.74) is 0.585. The first kappa shape index (κ1) is 23.8. The zero-order chi connectivity index (χ0) is 26.1. The third-order valence-electron chi connectivity index (χ3n) is 6.35. The molecule has 2 aromatic carbocycles. The third kappa shape index (κ3) is 3.44. The highest BCUT2D eigenvalue weighted by molar-refractivity contribution is 5.91. The van der Waals surface area contributed by atoms with Crippen molar-refractivity contribution in [2.75, 3.05) is 0 Å². The topological polar surface area (TPSA) is 228 Å². The van der Waals surface area contributed by atoms with Gasteiger partial charge in [-0.05, 0) is 36.6 Å². The molecular formula is C23H20O13. The number of phenolic OH excluding ortho intramolecular Hbond substituents is 3. The van der Waals surface area contributed by atoms with Gasteiger partial charge in [-0.3, -0.25) is 4.79 Å². The Morgan fingerprint density at radius 2 is 1.75 bits per heavy atom. The number of carboxylic acid groups (broad SMARTS) is 1. The van der Waals surface area contributed by atoms with Crippen molar-refractivity contribution < 1.29 is 59.5 Å². The summed E-state index contributed by atoms with van der Waals surface area (Å²) in [6.07, 6.45) is -8.61. The van der Waals surface area contributed by atoms with Crippen molar-refractivity contribution in [2.45, 2.75) is 43.2 Å². The Balaban J connectivity index is 1.62. The maximum absolute atomic E-state index is 13.2. The van der Waals surface area contributed by atoms with Gasteiger partial charge in [-0.1, -0.05) is 0 Å². The molecule has 190 valence electrons. The lowest BCUT2D eigenvalue weighted by Crippen LogP contribution is -2.69. The third-order valence-corrected chi connectivity index (χ3v) is 6.35. The van der Waals surface area contributed by atoms with Crippen LogP contribution < -0.4 is 10.2 Å². The van der Waals surface area contributed by atoms with Crippen LogP contribution in [0.15, 0.2) is 33.5 Å².